The molecule has 2 heteroatoms. The lowest BCUT2D eigenvalue weighted by molar-refractivity contribution is 0.658. The van der Waals surface area contributed by atoms with Crippen molar-refractivity contribution in [3.8, 4) is 0 Å². The Morgan fingerprint density at radius 1 is 1.42 bits per heavy atom. The fraction of sp³-hybridized carbons (Fsp3) is 0.900. The van der Waals surface area contributed by atoms with Gasteiger partial charge in [-0.1, -0.05) is 26.2 Å². The molecule has 0 bridgehead atoms. The smallest absolute Gasteiger partial charge is 0.0957 e. The van der Waals surface area contributed by atoms with Crippen LogP contribution in [-0.4, -0.2) is 16.3 Å². The van der Waals surface area contributed by atoms with Gasteiger partial charge in [0.15, 0.2) is 0 Å². The second-order valence-corrected chi connectivity index (χ2v) is 5.02. The van der Waals surface area contributed by atoms with Crippen molar-refractivity contribution in [2.45, 2.75) is 57.1 Å². The second-order valence-electron chi connectivity index (χ2n) is 3.50. The van der Waals surface area contributed by atoms with Crippen molar-refractivity contribution in [3.63, 3.8) is 0 Å². The third-order valence-corrected chi connectivity index (χ3v) is 3.76. The molecule has 0 aromatic carbocycles. The number of aliphatic imine (C=N–C) groups is 1. The van der Waals surface area contributed by atoms with E-state index in [9.17, 15) is 0 Å². The van der Waals surface area contributed by atoms with E-state index in [1.165, 1.54) is 31.4 Å². The molecule has 0 amide bonds. The Labute approximate surface area is 80.0 Å². The number of hydrogen-bond acceptors (Lipinski definition) is 2. The SMILES string of the molecule is CCCCC[C@@H]1N=C(C)[C@@H](C)S1. The molecule has 0 radical (unpaired) electrons. The lowest BCUT2D eigenvalue weighted by atomic mass is 10.2. The summed E-state index contributed by atoms with van der Waals surface area (Å²) < 4.78 is 0. The maximum absolute atomic E-state index is 4.62. The van der Waals surface area contributed by atoms with Crippen LogP contribution in [0.15, 0.2) is 4.99 Å². The van der Waals surface area contributed by atoms with Crippen molar-refractivity contribution < 1.29 is 0 Å². The highest BCUT2D eigenvalue weighted by molar-refractivity contribution is 8.01. The molecule has 12 heavy (non-hydrogen) atoms. The van der Waals surface area contributed by atoms with Crippen LogP contribution in [0.3, 0.4) is 0 Å². The van der Waals surface area contributed by atoms with Crippen LogP contribution in [-0.2, 0) is 0 Å². The highest BCUT2D eigenvalue weighted by atomic mass is 32.2. The molecule has 0 saturated carbocycles. The third-order valence-electron chi connectivity index (χ3n) is 2.35. The van der Waals surface area contributed by atoms with Gasteiger partial charge >= 0.3 is 0 Å². The van der Waals surface area contributed by atoms with Crippen LogP contribution in [0.4, 0.5) is 0 Å². The summed E-state index contributed by atoms with van der Waals surface area (Å²) in [7, 11) is 0. The molecule has 1 aliphatic rings. The van der Waals surface area contributed by atoms with E-state index < -0.39 is 0 Å². The lowest BCUT2D eigenvalue weighted by Crippen LogP contribution is -2.02. The zero-order chi connectivity index (χ0) is 8.97. The maximum atomic E-state index is 4.62. The van der Waals surface area contributed by atoms with Crippen molar-refractivity contribution in [2.75, 3.05) is 0 Å². The van der Waals surface area contributed by atoms with Gasteiger partial charge in [-0.3, -0.25) is 4.99 Å². The summed E-state index contributed by atoms with van der Waals surface area (Å²) in [6, 6.07) is 0. The van der Waals surface area contributed by atoms with Gasteiger partial charge in [0.2, 0.25) is 0 Å². The third kappa shape index (κ3) is 2.81. The van der Waals surface area contributed by atoms with Crippen LogP contribution in [0, 0.1) is 0 Å². The molecule has 0 saturated heterocycles. The van der Waals surface area contributed by atoms with Crippen molar-refractivity contribution in [1.82, 2.24) is 0 Å². The number of rotatable bonds is 4. The first-order chi connectivity index (χ1) is 5.74. The molecule has 0 aromatic rings. The Hall–Kier alpha value is 0.0200. The Morgan fingerprint density at radius 2 is 2.17 bits per heavy atom. The summed E-state index contributed by atoms with van der Waals surface area (Å²) in [6.07, 6.45) is 5.30. The molecule has 1 nitrogen and oxygen atoms in total. The number of hydrogen-bond donors (Lipinski definition) is 0. The first-order valence-corrected chi connectivity index (χ1v) is 5.88. The Morgan fingerprint density at radius 3 is 2.67 bits per heavy atom. The quantitative estimate of drug-likeness (QED) is 0.611. The number of thioether (sulfide) groups is 1. The van der Waals surface area contributed by atoms with E-state index in [0.29, 0.717) is 10.6 Å². The van der Waals surface area contributed by atoms with E-state index in [2.05, 4.69) is 25.8 Å². The van der Waals surface area contributed by atoms with Gasteiger partial charge in [-0.05, 0) is 20.3 Å². The van der Waals surface area contributed by atoms with Crippen LogP contribution in [0.2, 0.25) is 0 Å². The molecule has 70 valence electrons. The van der Waals surface area contributed by atoms with Gasteiger partial charge < -0.3 is 0 Å². The molecular weight excluding hydrogens is 166 g/mol. The van der Waals surface area contributed by atoms with Gasteiger partial charge in [-0.2, -0.15) is 0 Å². The molecule has 0 unspecified atom stereocenters. The zero-order valence-corrected chi connectivity index (χ0v) is 9.16. The highest BCUT2D eigenvalue weighted by Crippen LogP contribution is 2.30. The largest absolute Gasteiger partial charge is 0.279 e. The van der Waals surface area contributed by atoms with Crippen LogP contribution in [0.1, 0.15) is 46.5 Å². The number of unbranched alkanes of at least 4 members (excludes halogenated alkanes) is 2. The maximum Gasteiger partial charge on any atom is 0.0957 e. The van der Waals surface area contributed by atoms with E-state index in [4.69, 9.17) is 0 Å². The summed E-state index contributed by atoms with van der Waals surface area (Å²) >= 11 is 2.02. The number of nitrogens with zero attached hydrogens (tertiary/aromatic N) is 1. The van der Waals surface area contributed by atoms with Crippen molar-refractivity contribution in [3.05, 3.63) is 0 Å². The monoisotopic (exact) mass is 185 g/mol. The molecule has 0 aromatic heterocycles. The van der Waals surface area contributed by atoms with Crippen molar-refractivity contribution in [2.24, 2.45) is 4.99 Å². The topological polar surface area (TPSA) is 12.4 Å². The molecule has 0 fully saturated rings. The van der Waals surface area contributed by atoms with E-state index in [1.54, 1.807) is 0 Å². The lowest BCUT2D eigenvalue weighted by Gasteiger charge is -2.06. The van der Waals surface area contributed by atoms with Crippen LogP contribution in [0.25, 0.3) is 0 Å². The summed E-state index contributed by atoms with van der Waals surface area (Å²) in [5.74, 6) is 0. The molecule has 0 N–H and O–H groups in total. The normalized spacial score (nSPS) is 29.1. The summed E-state index contributed by atoms with van der Waals surface area (Å²) in [4.78, 5) is 4.62. The van der Waals surface area contributed by atoms with Gasteiger partial charge in [-0.15, -0.1) is 11.8 Å². The predicted molar refractivity (Wildman–Crippen MR) is 58.1 cm³/mol. The van der Waals surface area contributed by atoms with E-state index in [0.717, 1.165) is 0 Å². The minimum atomic E-state index is 0.576. The average molecular weight is 185 g/mol. The summed E-state index contributed by atoms with van der Waals surface area (Å²) in [5, 5.41) is 1.24. The Bertz CT molecular complexity index is 165. The first-order valence-electron chi connectivity index (χ1n) is 4.93. The first kappa shape index (κ1) is 10.1. The molecule has 2 atom stereocenters. The van der Waals surface area contributed by atoms with Gasteiger partial charge in [-0.25, -0.2) is 0 Å². The minimum Gasteiger partial charge on any atom is -0.279 e. The Kier molecular flexibility index (Phi) is 4.13. The van der Waals surface area contributed by atoms with Crippen LogP contribution < -0.4 is 0 Å². The van der Waals surface area contributed by atoms with E-state index >= 15 is 0 Å². The summed E-state index contributed by atoms with van der Waals surface area (Å²) in [6.45, 7) is 6.65. The fourth-order valence-corrected chi connectivity index (χ4v) is 2.66. The highest BCUT2D eigenvalue weighted by Gasteiger charge is 2.21. The van der Waals surface area contributed by atoms with E-state index in [-0.39, 0.29) is 0 Å². The zero-order valence-electron chi connectivity index (χ0n) is 8.34. The molecule has 1 heterocycles. The van der Waals surface area contributed by atoms with E-state index in [1.807, 2.05) is 11.8 Å². The predicted octanol–water partition coefficient (Wildman–Crippen LogP) is 3.49. The fourth-order valence-electron chi connectivity index (χ4n) is 1.40. The van der Waals surface area contributed by atoms with Crippen LogP contribution in [0.5, 0.6) is 0 Å². The van der Waals surface area contributed by atoms with Gasteiger partial charge in [0.05, 0.1) is 5.37 Å². The van der Waals surface area contributed by atoms with Crippen molar-refractivity contribution in [1.29, 1.82) is 0 Å². The minimum absolute atomic E-state index is 0.576. The van der Waals surface area contributed by atoms with Gasteiger partial charge in [0.1, 0.15) is 0 Å². The molecular formula is C10H19NS. The molecule has 1 aliphatic heterocycles. The second kappa shape index (κ2) is 4.90. The average Bonchev–Trinajstić information content (AvgIpc) is 2.32. The Balaban J connectivity index is 2.19. The van der Waals surface area contributed by atoms with Crippen molar-refractivity contribution >= 4 is 17.5 Å². The summed E-state index contributed by atoms with van der Waals surface area (Å²) in [5.41, 5.74) is 1.33. The molecule has 0 spiro atoms. The van der Waals surface area contributed by atoms with Gasteiger partial charge in [0.25, 0.3) is 0 Å². The molecule has 0 aliphatic carbocycles. The molecule has 1 rings (SSSR count). The standard InChI is InChI=1S/C10H19NS/c1-4-5-6-7-10-11-8(2)9(3)12-10/h9-10H,4-7H2,1-3H3/t9-,10-/m1/s1. The van der Waals surface area contributed by atoms with Gasteiger partial charge in [0, 0.05) is 11.0 Å². The van der Waals surface area contributed by atoms with Crippen LogP contribution >= 0.6 is 11.8 Å².